The number of rotatable bonds is 4. The van der Waals surface area contributed by atoms with Gasteiger partial charge in [0.1, 0.15) is 6.10 Å². The minimum Gasteiger partial charge on any atom is -0.504 e. The summed E-state index contributed by atoms with van der Waals surface area (Å²) in [6, 6.07) is 3.94. The average Bonchev–Trinajstić information content (AvgIpc) is 2.21. The molecule has 0 aliphatic heterocycles. The predicted molar refractivity (Wildman–Crippen MR) is 59.2 cm³/mol. The molecule has 84 valence electrons. The fourth-order valence-electron chi connectivity index (χ4n) is 1.24. The van der Waals surface area contributed by atoms with E-state index in [2.05, 4.69) is 12.6 Å². The number of aliphatic hydroxyl groups excluding tert-OH is 2. The van der Waals surface area contributed by atoms with Crippen molar-refractivity contribution < 1.29 is 20.4 Å². The Hall–Kier alpha value is -0.910. The molecule has 0 aromatic heterocycles. The number of phenols is 2. The number of aliphatic hydroxyl groups is 2. The van der Waals surface area contributed by atoms with E-state index in [1.807, 2.05) is 0 Å². The minimum atomic E-state index is -1.08. The van der Waals surface area contributed by atoms with Crippen LogP contribution in [0.2, 0.25) is 0 Å². The number of hydrogen-bond donors (Lipinski definition) is 5. The zero-order chi connectivity index (χ0) is 11.4. The highest BCUT2D eigenvalue weighted by atomic mass is 32.1. The Balaban J connectivity index is 2.81. The molecule has 0 aliphatic carbocycles. The summed E-state index contributed by atoms with van der Waals surface area (Å²) in [7, 11) is 0. The Bertz CT molecular complexity index is 329. The molecule has 0 saturated heterocycles. The molecule has 0 radical (unpaired) electrons. The van der Waals surface area contributed by atoms with Crippen molar-refractivity contribution in [2.75, 3.05) is 5.75 Å². The predicted octanol–water partition coefficient (Wildman–Crippen LogP) is 0.812. The van der Waals surface area contributed by atoms with Crippen molar-refractivity contribution in [1.82, 2.24) is 0 Å². The van der Waals surface area contributed by atoms with Crippen LogP contribution in [0.5, 0.6) is 11.5 Å². The topological polar surface area (TPSA) is 80.9 Å². The van der Waals surface area contributed by atoms with Gasteiger partial charge in [0, 0.05) is 0 Å². The zero-order valence-corrected chi connectivity index (χ0v) is 8.93. The van der Waals surface area contributed by atoms with Crippen molar-refractivity contribution in [3.8, 4) is 11.5 Å². The lowest BCUT2D eigenvalue weighted by Crippen LogP contribution is -2.18. The first-order valence-electron chi connectivity index (χ1n) is 4.55. The Morgan fingerprint density at radius 1 is 1.13 bits per heavy atom. The molecule has 0 bridgehead atoms. The molecule has 0 amide bonds. The maximum Gasteiger partial charge on any atom is 0.157 e. The first-order valence-corrected chi connectivity index (χ1v) is 5.18. The third kappa shape index (κ3) is 3.02. The lowest BCUT2D eigenvalue weighted by molar-refractivity contribution is 0.0171. The minimum absolute atomic E-state index is 0.255. The van der Waals surface area contributed by atoms with Gasteiger partial charge in [0.2, 0.25) is 0 Å². The van der Waals surface area contributed by atoms with E-state index in [0.717, 1.165) is 0 Å². The molecule has 1 aromatic rings. The van der Waals surface area contributed by atoms with Crippen molar-refractivity contribution in [3.05, 3.63) is 23.8 Å². The fraction of sp³-hybridized carbons (Fsp3) is 0.400. The summed E-state index contributed by atoms with van der Waals surface area (Å²) in [6.07, 6.45) is -1.65. The van der Waals surface area contributed by atoms with E-state index in [1.54, 1.807) is 0 Å². The van der Waals surface area contributed by atoms with Gasteiger partial charge in [0.15, 0.2) is 11.5 Å². The number of thiol groups is 1. The van der Waals surface area contributed by atoms with E-state index >= 15 is 0 Å². The second-order valence-electron chi connectivity index (χ2n) is 3.27. The zero-order valence-electron chi connectivity index (χ0n) is 8.04. The van der Waals surface area contributed by atoms with E-state index < -0.39 is 12.2 Å². The second-order valence-corrected chi connectivity index (χ2v) is 3.72. The van der Waals surface area contributed by atoms with Gasteiger partial charge in [-0.1, -0.05) is 6.07 Å². The van der Waals surface area contributed by atoms with Gasteiger partial charge in [-0.2, -0.15) is 12.6 Å². The van der Waals surface area contributed by atoms with Crippen LogP contribution in [-0.2, 0) is 0 Å². The second kappa shape index (κ2) is 5.25. The van der Waals surface area contributed by atoms with Gasteiger partial charge in [-0.3, -0.25) is 0 Å². The van der Waals surface area contributed by atoms with E-state index in [0.29, 0.717) is 17.7 Å². The number of hydrogen-bond acceptors (Lipinski definition) is 5. The number of phenolic OH excluding ortho intramolecular Hbond substituents is 2. The molecule has 0 spiro atoms. The quantitative estimate of drug-likeness (QED) is 0.392. The van der Waals surface area contributed by atoms with Gasteiger partial charge in [0.25, 0.3) is 0 Å². The average molecular weight is 230 g/mol. The lowest BCUT2D eigenvalue weighted by Gasteiger charge is -2.17. The van der Waals surface area contributed by atoms with Gasteiger partial charge in [-0.15, -0.1) is 0 Å². The molecule has 1 aromatic carbocycles. The molecule has 4 N–H and O–H groups in total. The van der Waals surface area contributed by atoms with Crippen LogP contribution in [-0.4, -0.2) is 32.3 Å². The highest BCUT2D eigenvalue weighted by Gasteiger charge is 2.18. The number of aromatic hydroxyl groups is 2. The third-order valence-corrected chi connectivity index (χ3v) is 2.39. The SMILES string of the molecule is Oc1ccc(C(O)C(O)CCS)cc1O. The maximum atomic E-state index is 9.66. The Kier molecular flexibility index (Phi) is 4.26. The van der Waals surface area contributed by atoms with E-state index in [1.165, 1.54) is 18.2 Å². The Labute approximate surface area is 93.2 Å². The van der Waals surface area contributed by atoms with Gasteiger partial charge < -0.3 is 20.4 Å². The molecule has 0 fully saturated rings. The highest BCUT2D eigenvalue weighted by molar-refractivity contribution is 7.80. The van der Waals surface area contributed by atoms with Crippen LogP contribution in [0.3, 0.4) is 0 Å². The molecule has 5 heteroatoms. The van der Waals surface area contributed by atoms with Crippen LogP contribution in [0, 0.1) is 0 Å². The van der Waals surface area contributed by atoms with Crippen LogP contribution >= 0.6 is 12.6 Å². The fourth-order valence-corrected chi connectivity index (χ4v) is 1.50. The summed E-state index contributed by atoms with van der Waals surface area (Å²) in [4.78, 5) is 0. The smallest absolute Gasteiger partial charge is 0.157 e. The van der Waals surface area contributed by atoms with Crippen LogP contribution in [0.4, 0.5) is 0 Å². The Morgan fingerprint density at radius 2 is 1.80 bits per heavy atom. The molecule has 1 rings (SSSR count). The van der Waals surface area contributed by atoms with E-state index in [-0.39, 0.29) is 11.5 Å². The van der Waals surface area contributed by atoms with Crippen LogP contribution in [0.15, 0.2) is 18.2 Å². The monoisotopic (exact) mass is 230 g/mol. The first kappa shape index (κ1) is 12.2. The summed E-state index contributed by atoms with van der Waals surface area (Å²) in [5, 5.41) is 37.4. The van der Waals surface area contributed by atoms with Crippen LogP contribution in [0.1, 0.15) is 18.1 Å². The largest absolute Gasteiger partial charge is 0.504 e. The maximum absolute atomic E-state index is 9.66. The first-order chi connectivity index (χ1) is 7.06. The van der Waals surface area contributed by atoms with Crippen molar-refractivity contribution >= 4 is 12.6 Å². The molecule has 2 unspecified atom stereocenters. The van der Waals surface area contributed by atoms with Crippen molar-refractivity contribution in [2.45, 2.75) is 18.6 Å². The van der Waals surface area contributed by atoms with Crippen molar-refractivity contribution in [3.63, 3.8) is 0 Å². The van der Waals surface area contributed by atoms with E-state index in [4.69, 9.17) is 5.11 Å². The Morgan fingerprint density at radius 3 is 2.33 bits per heavy atom. The molecule has 4 nitrogen and oxygen atoms in total. The molecular weight excluding hydrogens is 216 g/mol. The van der Waals surface area contributed by atoms with Gasteiger partial charge >= 0.3 is 0 Å². The van der Waals surface area contributed by atoms with Crippen LogP contribution in [0.25, 0.3) is 0 Å². The summed E-state index contributed by atoms with van der Waals surface area (Å²) in [6.45, 7) is 0. The normalized spacial score (nSPS) is 14.9. The molecular formula is C10H14O4S. The van der Waals surface area contributed by atoms with Crippen LogP contribution < -0.4 is 0 Å². The molecule has 15 heavy (non-hydrogen) atoms. The summed E-state index contributed by atoms with van der Waals surface area (Å²) >= 11 is 3.94. The van der Waals surface area contributed by atoms with Gasteiger partial charge in [-0.25, -0.2) is 0 Å². The summed E-state index contributed by atoms with van der Waals surface area (Å²) in [5.41, 5.74) is 0.361. The van der Waals surface area contributed by atoms with Gasteiger partial charge in [0.05, 0.1) is 6.10 Å². The van der Waals surface area contributed by atoms with Gasteiger partial charge in [-0.05, 0) is 29.9 Å². The molecule has 0 heterocycles. The third-order valence-electron chi connectivity index (χ3n) is 2.13. The molecule has 2 atom stereocenters. The summed E-state index contributed by atoms with van der Waals surface area (Å²) < 4.78 is 0. The number of benzene rings is 1. The van der Waals surface area contributed by atoms with Crippen molar-refractivity contribution in [1.29, 1.82) is 0 Å². The van der Waals surface area contributed by atoms with E-state index in [9.17, 15) is 15.3 Å². The standard InChI is InChI=1S/C10H14O4S/c11-7-2-1-6(5-9(7)13)10(14)8(12)3-4-15/h1-2,5,8,10-15H,3-4H2. The van der Waals surface area contributed by atoms with Crippen molar-refractivity contribution in [2.24, 2.45) is 0 Å². The molecule has 0 aliphatic rings. The summed E-state index contributed by atoms with van der Waals surface area (Å²) in [5.74, 6) is -0.110. The molecule has 0 saturated carbocycles. The lowest BCUT2D eigenvalue weighted by atomic mass is 10.0. The highest BCUT2D eigenvalue weighted by Crippen LogP contribution is 2.29.